The van der Waals surface area contributed by atoms with Crippen molar-refractivity contribution >= 4 is 45.6 Å². The smallest absolute Gasteiger partial charge is 0.329 e. The Morgan fingerprint density at radius 2 is 1.94 bits per heavy atom. The molecule has 0 unspecified atom stereocenters. The highest BCUT2D eigenvalue weighted by atomic mass is 79.9. The van der Waals surface area contributed by atoms with E-state index in [1.807, 2.05) is 32.0 Å². The van der Waals surface area contributed by atoms with Crippen LogP contribution in [0.2, 0.25) is 0 Å². The molecule has 0 aliphatic rings. The molecule has 0 saturated carbocycles. The standard InChI is InChI=1S/C23H27BrN4O5/c1-5-15(3)26-22(30)23(31)28-25-12-16-10-18(24)21(19(11-16)32-4)33-13-20(29)27-17-8-6-7-14(2)9-17/h6-12,15H,5,13H2,1-4H3,(H,26,30)(H,27,29)(H,28,31)/b25-12-/t15-/m0/s1. The van der Waals surface area contributed by atoms with Gasteiger partial charge in [-0.25, -0.2) is 5.43 Å². The number of hydrazone groups is 1. The van der Waals surface area contributed by atoms with Crippen molar-refractivity contribution in [3.8, 4) is 11.5 Å². The summed E-state index contributed by atoms with van der Waals surface area (Å²) in [4.78, 5) is 35.8. The first kappa shape index (κ1) is 25.9. The number of ether oxygens (including phenoxy) is 2. The summed E-state index contributed by atoms with van der Waals surface area (Å²) in [5.74, 6) is -1.25. The molecular weight excluding hydrogens is 492 g/mol. The van der Waals surface area contributed by atoms with Gasteiger partial charge in [0.2, 0.25) is 0 Å². The van der Waals surface area contributed by atoms with Crippen molar-refractivity contribution in [1.82, 2.24) is 10.7 Å². The van der Waals surface area contributed by atoms with Gasteiger partial charge >= 0.3 is 11.8 Å². The molecule has 1 atom stereocenters. The number of hydrogen-bond acceptors (Lipinski definition) is 6. The monoisotopic (exact) mass is 518 g/mol. The van der Waals surface area contributed by atoms with E-state index in [0.717, 1.165) is 5.56 Å². The number of benzene rings is 2. The summed E-state index contributed by atoms with van der Waals surface area (Å²) in [5.41, 5.74) is 4.46. The van der Waals surface area contributed by atoms with E-state index >= 15 is 0 Å². The number of nitrogens with zero attached hydrogens (tertiary/aromatic N) is 1. The minimum Gasteiger partial charge on any atom is -0.493 e. The van der Waals surface area contributed by atoms with E-state index in [4.69, 9.17) is 9.47 Å². The Morgan fingerprint density at radius 3 is 2.61 bits per heavy atom. The molecule has 0 aromatic heterocycles. The molecule has 0 heterocycles. The molecule has 0 aliphatic heterocycles. The van der Waals surface area contributed by atoms with E-state index < -0.39 is 11.8 Å². The van der Waals surface area contributed by atoms with Crippen molar-refractivity contribution in [2.45, 2.75) is 33.2 Å². The number of halogens is 1. The number of anilines is 1. The number of aryl methyl sites for hydroxylation is 1. The van der Waals surface area contributed by atoms with Gasteiger partial charge in [-0.05, 0) is 71.6 Å². The lowest BCUT2D eigenvalue weighted by atomic mass is 10.2. The maximum atomic E-state index is 12.2. The Labute approximate surface area is 201 Å². The Kier molecular flexibility index (Phi) is 9.86. The van der Waals surface area contributed by atoms with Crippen LogP contribution in [0.25, 0.3) is 0 Å². The molecule has 9 nitrogen and oxygen atoms in total. The summed E-state index contributed by atoms with van der Waals surface area (Å²) in [7, 11) is 1.46. The lowest BCUT2D eigenvalue weighted by Crippen LogP contribution is -2.41. The number of rotatable bonds is 9. The van der Waals surface area contributed by atoms with Crippen LogP contribution in [0.15, 0.2) is 46.0 Å². The van der Waals surface area contributed by atoms with Gasteiger partial charge in [0.25, 0.3) is 5.91 Å². The van der Waals surface area contributed by atoms with Crippen molar-refractivity contribution in [2.75, 3.05) is 19.0 Å². The molecule has 2 aromatic carbocycles. The minimum absolute atomic E-state index is 0.112. The number of hydrogen-bond donors (Lipinski definition) is 3. The zero-order chi connectivity index (χ0) is 24.4. The predicted octanol–water partition coefficient (Wildman–Crippen LogP) is 3.15. The highest BCUT2D eigenvalue weighted by Crippen LogP contribution is 2.36. The zero-order valence-corrected chi connectivity index (χ0v) is 20.5. The van der Waals surface area contributed by atoms with Gasteiger partial charge in [0.05, 0.1) is 17.8 Å². The normalized spacial score (nSPS) is 11.5. The average Bonchev–Trinajstić information content (AvgIpc) is 2.77. The van der Waals surface area contributed by atoms with E-state index in [9.17, 15) is 14.4 Å². The van der Waals surface area contributed by atoms with Crippen LogP contribution in [-0.4, -0.2) is 43.7 Å². The third-order valence-corrected chi connectivity index (χ3v) is 5.07. The largest absolute Gasteiger partial charge is 0.493 e. The maximum absolute atomic E-state index is 12.2. The molecule has 0 bridgehead atoms. The highest BCUT2D eigenvalue weighted by molar-refractivity contribution is 9.10. The van der Waals surface area contributed by atoms with Crippen LogP contribution in [0.3, 0.4) is 0 Å². The van der Waals surface area contributed by atoms with Crippen LogP contribution in [-0.2, 0) is 14.4 Å². The van der Waals surface area contributed by atoms with Crippen molar-refractivity contribution in [3.63, 3.8) is 0 Å². The summed E-state index contributed by atoms with van der Waals surface area (Å²) in [6.45, 7) is 5.41. The summed E-state index contributed by atoms with van der Waals surface area (Å²) >= 11 is 3.39. The van der Waals surface area contributed by atoms with E-state index in [1.165, 1.54) is 13.3 Å². The van der Waals surface area contributed by atoms with Crippen LogP contribution in [0, 0.1) is 6.92 Å². The first-order valence-electron chi connectivity index (χ1n) is 10.2. The highest BCUT2D eigenvalue weighted by Gasteiger charge is 2.15. The number of methoxy groups -OCH3 is 1. The fourth-order valence-corrected chi connectivity index (χ4v) is 3.19. The maximum Gasteiger partial charge on any atom is 0.329 e. The summed E-state index contributed by atoms with van der Waals surface area (Å²) < 4.78 is 11.5. The van der Waals surface area contributed by atoms with Gasteiger partial charge in [0, 0.05) is 11.7 Å². The quantitative estimate of drug-likeness (QED) is 0.267. The molecule has 33 heavy (non-hydrogen) atoms. The summed E-state index contributed by atoms with van der Waals surface area (Å²) in [5, 5.41) is 9.13. The molecule has 0 saturated heterocycles. The number of carbonyl (C=O) groups excluding carboxylic acids is 3. The van der Waals surface area contributed by atoms with Gasteiger partial charge in [0.15, 0.2) is 18.1 Å². The topological polar surface area (TPSA) is 118 Å². The third kappa shape index (κ3) is 8.23. The van der Waals surface area contributed by atoms with Gasteiger partial charge in [-0.15, -0.1) is 0 Å². The molecule has 0 fully saturated rings. The van der Waals surface area contributed by atoms with Crippen LogP contribution in [0.1, 0.15) is 31.4 Å². The number of nitrogens with one attached hydrogen (secondary N) is 3. The van der Waals surface area contributed by atoms with Crippen LogP contribution < -0.4 is 25.5 Å². The van der Waals surface area contributed by atoms with Crippen molar-refractivity contribution < 1.29 is 23.9 Å². The summed E-state index contributed by atoms with van der Waals surface area (Å²) in [6, 6.07) is 10.6. The molecule has 0 radical (unpaired) electrons. The molecule has 0 spiro atoms. The van der Waals surface area contributed by atoms with Crippen molar-refractivity contribution in [3.05, 3.63) is 52.0 Å². The fraction of sp³-hybridized carbons (Fsp3) is 0.304. The SMILES string of the molecule is CC[C@H](C)NC(=O)C(=O)N/N=C\c1cc(Br)c(OCC(=O)Nc2cccc(C)c2)c(OC)c1. The van der Waals surface area contributed by atoms with Gasteiger partial charge in [0.1, 0.15) is 0 Å². The Bertz CT molecular complexity index is 1040. The molecule has 3 N–H and O–H groups in total. The predicted molar refractivity (Wildman–Crippen MR) is 130 cm³/mol. The number of carbonyl (C=O) groups is 3. The molecule has 0 aliphatic carbocycles. The molecule has 2 aromatic rings. The zero-order valence-electron chi connectivity index (χ0n) is 18.9. The molecule has 176 valence electrons. The second-order valence-electron chi connectivity index (χ2n) is 7.22. The molecule has 3 amide bonds. The Balaban J connectivity index is 1.99. The van der Waals surface area contributed by atoms with Crippen LogP contribution in [0.5, 0.6) is 11.5 Å². The van der Waals surface area contributed by atoms with Crippen LogP contribution >= 0.6 is 15.9 Å². The van der Waals surface area contributed by atoms with E-state index in [0.29, 0.717) is 33.6 Å². The molecular formula is C23H27BrN4O5. The second-order valence-corrected chi connectivity index (χ2v) is 8.08. The lowest BCUT2D eigenvalue weighted by Gasteiger charge is -2.13. The first-order chi connectivity index (χ1) is 15.7. The average molecular weight is 519 g/mol. The van der Waals surface area contributed by atoms with Gasteiger partial charge in [-0.1, -0.05) is 19.1 Å². The third-order valence-electron chi connectivity index (χ3n) is 4.48. The van der Waals surface area contributed by atoms with Gasteiger partial charge in [-0.3, -0.25) is 14.4 Å². The van der Waals surface area contributed by atoms with E-state index in [2.05, 4.69) is 37.1 Å². The Morgan fingerprint density at radius 1 is 1.18 bits per heavy atom. The van der Waals surface area contributed by atoms with E-state index in [-0.39, 0.29) is 18.6 Å². The second kappa shape index (κ2) is 12.6. The number of amides is 3. The van der Waals surface area contributed by atoms with Crippen molar-refractivity contribution in [2.24, 2.45) is 5.10 Å². The first-order valence-corrected chi connectivity index (χ1v) is 11.0. The van der Waals surface area contributed by atoms with Gasteiger partial charge in [-0.2, -0.15) is 5.10 Å². The Hall–Kier alpha value is -3.40. The molecule has 10 heteroatoms. The minimum atomic E-state index is -0.864. The fourth-order valence-electron chi connectivity index (χ4n) is 2.62. The van der Waals surface area contributed by atoms with E-state index in [1.54, 1.807) is 25.1 Å². The van der Waals surface area contributed by atoms with Crippen molar-refractivity contribution in [1.29, 1.82) is 0 Å². The lowest BCUT2D eigenvalue weighted by molar-refractivity contribution is -0.139. The summed E-state index contributed by atoms with van der Waals surface area (Å²) in [6.07, 6.45) is 2.06. The molecule has 2 rings (SSSR count). The van der Waals surface area contributed by atoms with Gasteiger partial charge < -0.3 is 20.1 Å². The van der Waals surface area contributed by atoms with Crippen LogP contribution in [0.4, 0.5) is 5.69 Å².